The maximum absolute atomic E-state index is 12.7. The number of carbonyl (C=O) groups excluding carboxylic acids is 1. The van der Waals surface area contributed by atoms with Gasteiger partial charge in [-0.3, -0.25) is 4.31 Å². The lowest BCUT2D eigenvalue weighted by Gasteiger charge is -2.19. The maximum atomic E-state index is 12.7. The molecule has 0 N–H and O–H groups in total. The first kappa shape index (κ1) is 20.3. The van der Waals surface area contributed by atoms with E-state index in [9.17, 15) is 13.2 Å². The van der Waals surface area contributed by atoms with Crippen LogP contribution >= 0.6 is 0 Å². The monoisotopic (exact) mass is 412 g/mol. The smallest absolute Gasteiger partial charge is 0.349 e. The minimum atomic E-state index is -3.68. The van der Waals surface area contributed by atoms with Crippen molar-refractivity contribution in [2.24, 2.45) is 0 Å². The molecule has 0 saturated carbocycles. The molecule has 0 amide bonds. The molecule has 0 radical (unpaired) electrons. The van der Waals surface area contributed by atoms with E-state index < -0.39 is 16.0 Å². The van der Waals surface area contributed by atoms with Crippen LogP contribution in [0.5, 0.6) is 11.6 Å². The molecule has 1 aromatic heterocycles. The molecule has 3 aromatic rings. The van der Waals surface area contributed by atoms with Crippen LogP contribution < -0.4 is 13.8 Å². The van der Waals surface area contributed by atoms with E-state index in [0.29, 0.717) is 12.3 Å². The molecule has 0 aliphatic rings. The van der Waals surface area contributed by atoms with Crippen molar-refractivity contribution in [3.8, 4) is 11.6 Å². The Morgan fingerprint density at radius 2 is 1.69 bits per heavy atom. The zero-order chi connectivity index (χ0) is 20.9. The number of hydrogen-bond acceptors (Lipinski definition) is 6. The van der Waals surface area contributed by atoms with Gasteiger partial charge in [-0.2, -0.15) is 0 Å². The number of aromatic nitrogens is 1. The maximum Gasteiger partial charge on any atom is 0.349 e. The average Bonchev–Trinajstić information content (AvgIpc) is 2.75. The molecule has 2 aromatic carbocycles. The first-order valence-corrected chi connectivity index (χ1v) is 10.3. The summed E-state index contributed by atoms with van der Waals surface area (Å²) in [5.41, 5.74) is 0.646. The fourth-order valence-corrected chi connectivity index (χ4v) is 3.79. The fourth-order valence-electron chi connectivity index (χ4n) is 2.57. The number of anilines is 1. The van der Waals surface area contributed by atoms with E-state index >= 15 is 0 Å². The van der Waals surface area contributed by atoms with E-state index in [2.05, 4.69) is 4.98 Å². The Hall–Kier alpha value is -3.39. The predicted molar refractivity (Wildman–Crippen MR) is 109 cm³/mol. The van der Waals surface area contributed by atoms with Gasteiger partial charge in [-0.05, 0) is 55.5 Å². The highest BCUT2D eigenvalue weighted by Crippen LogP contribution is 2.25. The van der Waals surface area contributed by atoms with E-state index in [0.717, 1.165) is 0 Å². The summed E-state index contributed by atoms with van der Waals surface area (Å²) >= 11 is 0. The van der Waals surface area contributed by atoms with Gasteiger partial charge in [0.25, 0.3) is 10.0 Å². The number of pyridine rings is 1. The van der Waals surface area contributed by atoms with Gasteiger partial charge in [0.05, 0.1) is 17.2 Å². The van der Waals surface area contributed by atoms with Gasteiger partial charge in [-0.1, -0.05) is 18.2 Å². The van der Waals surface area contributed by atoms with Gasteiger partial charge >= 0.3 is 5.97 Å². The Morgan fingerprint density at radius 1 is 1.00 bits per heavy atom. The molecule has 1 heterocycles. The highest BCUT2D eigenvalue weighted by molar-refractivity contribution is 7.92. The van der Waals surface area contributed by atoms with E-state index in [1.54, 1.807) is 49.4 Å². The van der Waals surface area contributed by atoms with Crippen LogP contribution in [-0.2, 0) is 10.0 Å². The quantitative estimate of drug-likeness (QED) is 0.436. The van der Waals surface area contributed by atoms with E-state index in [1.165, 1.54) is 41.8 Å². The predicted octanol–water partition coefficient (Wildman–Crippen LogP) is 3.52. The van der Waals surface area contributed by atoms with Crippen molar-refractivity contribution in [3.05, 3.63) is 78.5 Å². The Kier molecular flexibility index (Phi) is 6.13. The first-order chi connectivity index (χ1) is 13.9. The molecular weight excluding hydrogens is 392 g/mol. The largest absolute Gasteiger partial charge is 0.477 e. The lowest BCUT2D eigenvalue weighted by molar-refractivity contribution is 0.0729. The number of esters is 1. The molecule has 3 rings (SSSR count). The average molecular weight is 412 g/mol. The molecule has 0 unspecified atom stereocenters. The molecule has 0 fully saturated rings. The molecule has 8 heteroatoms. The topological polar surface area (TPSA) is 85.8 Å². The van der Waals surface area contributed by atoms with E-state index in [-0.39, 0.29) is 22.1 Å². The van der Waals surface area contributed by atoms with Crippen LogP contribution in [0.4, 0.5) is 5.69 Å². The summed E-state index contributed by atoms with van der Waals surface area (Å²) in [7, 11) is -2.22. The molecule has 0 atom stereocenters. The summed E-state index contributed by atoms with van der Waals surface area (Å²) in [6, 6.07) is 17.5. The number of ether oxygens (including phenoxy) is 2. The molecule has 0 saturated heterocycles. The molecule has 7 nitrogen and oxygen atoms in total. The highest BCUT2D eigenvalue weighted by Gasteiger charge is 2.21. The van der Waals surface area contributed by atoms with Crippen molar-refractivity contribution in [2.45, 2.75) is 11.8 Å². The third kappa shape index (κ3) is 4.55. The second-order valence-electron chi connectivity index (χ2n) is 5.96. The van der Waals surface area contributed by atoms with Crippen molar-refractivity contribution in [1.29, 1.82) is 0 Å². The molecule has 0 bridgehead atoms. The Labute approximate surface area is 169 Å². The Balaban J connectivity index is 1.76. The number of carbonyl (C=O) groups is 1. The van der Waals surface area contributed by atoms with Gasteiger partial charge < -0.3 is 9.47 Å². The first-order valence-electron chi connectivity index (χ1n) is 8.87. The lowest BCUT2D eigenvalue weighted by Crippen LogP contribution is -2.26. The minimum absolute atomic E-state index is 0.193. The zero-order valence-electron chi connectivity index (χ0n) is 16.0. The normalized spacial score (nSPS) is 11.0. The lowest BCUT2D eigenvalue weighted by atomic mass is 10.2. The summed E-state index contributed by atoms with van der Waals surface area (Å²) in [5.74, 6) is -0.138. The summed E-state index contributed by atoms with van der Waals surface area (Å²) in [6.45, 7) is 2.16. The molecule has 29 heavy (non-hydrogen) atoms. The summed E-state index contributed by atoms with van der Waals surface area (Å²) in [5, 5.41) is 0. The zero-order valence-corrected chi connectivity index (χ0v) is 16.8. The van der Waals surface area contributed by atoms with Crippen molar-refractivity contribution in [2.75, 3.05) is 18.0 Å². The van der Waals surface area contributed by atoms with Crippen molar-refractivity contribution in [1.82, 2.24) is 4.98 Å². The van der Waals surface area contributed by atoms with Gasteiger partial charge in [0, 0.05) is 13.2 Å². The summed E-state index contributed by atoms with van der Waals surface area (Å²) < 4.78 is 37.3. The molecule has 0 spiro atoms. The van der Waals surface area contributed by atoms with Crippen molar-refractivity contribution >= 4 is 21.7 Å². The molecule has 0 aliphatic heterocycles. The number of nitrogens with zero attached hydrogens (tertiary/aromatic N) is 2. The van der Waals surface area contributed by atoms with Gasteiger partial charge in [0.2, 0.25) is 5.88 Å². The SMILES string of the molecule is CCOc1ncccc1C(=O)Oc1ccc(N(C)S(=O)(=O)c2ccccc2)cc1. The van der Waals surface area contributed by atoms with E-state index in [1.807, 2.05) is 0 Å². The fraction of sp³-hybridized carbons (Fsp3) is 0.143. The van der Waals surface area contributed by atoms with Gasteiger partial charge in [-0.25, -0.2) is 18.2 Å². The minimum Gasteiger partial charge on any atom is -0.477 e. The van der Waals surface area contributed by atoms with E-state index in [4.69, 9.17) is 9.47 Å². The van der Waals surface area contributed by atoms with Crippen molar-refractivity contribution in [3.63, 3.8) is 0 Å². The molecular formula is C21H20N2O5S. The Morgan fingerprint density at radius 3 is 2.34 bits per heavy atom. The Bertz CT molecular complexity index is 1080. The van der Waals surface area contributed by atoms with Gasteiger partial charge in [-0.15, -0.1) is 0 Å². The van der Waals surface area contributed by atoms with Gasteiger partial charge in [0.15, 0.2) is 0 Å². The van der Waals surface area contributed by atoms with Crippen LogP contribution in [0.1, 0.15) is 17.3 Å². The second-order valence-corrected chi connectivity index (χ2v) is 7.93. The highest BCUT2D eigenvalue weighted by atomic mass is 32.2. The van der Waals surface area contributed by atoms with Crippen LogP contribution in [0.2, 0.25) is 0 Å². The second kappa shape index (κ2) is 8.74. The number of sulfonamides is 1. The van der Waals surface area contributed by atoms with Crippen LogP contribution in [-0.4, -0.2) is 33.0 Å². The third-order valence-electron chi connectivity index (χ3n) is 4.08. The van der Waals surface area contributed by atoms with Crippen LogP contribution in [0.3, 0.4) is 0 Å². The number of benzene rings is 2. The van der Waals surface area contributed by atoms with Crippen LogP contribution in [0.25, 0.3) is 0 Å². The summed E-state index contributed by atoms with van der Waals surface area (Å²) in [4.78, 5) is 16.6. The van der Waals surface area contributed by atoms with Crippen LogP contribution in [0, 0.1) is 0 Å². The molecule has 0 aliphatic carbocycles. The number of hydrogen-bond donors (Lipinski definition) is 0. The molecule has 150 valence electrons. The standard InChI is InChI=1S/C21H20N2O5S/c1-3-27-20-19(10-7-15-22-20)21(24)28-17-13-11-16(12-14-17)23(2)29(25,26)18-8-5-4-6-9-18/h4-15H,3H2,1-2H3. The summed E-state index contributed by atoms with van der Waals surface area (Å²) in [6.07, 6.45) is 1.53. The van der Waals surface area contributed by atoms with Crippen LogP contribution in [0.15, 0.2) is 77.8 Å². The van der Waals surface area contributed by atoms with Gasteiger partial charge in [0.1, 0.15) is 11.3 Å². The number of rotatable bonds is 7. The third-order valence-corrected chi connectivity index (χ3v) is 5.88. The van der Waals surface area contributed by atoms with Crippen molar-refractivity contribution < 1.29 is 22.7 Å².